The normalized spacial score (nSPS) is 11.5. The zero-order valence-corrected chi connectivity index (χ0v) is 25.4. The zero-order valence-electron chi connectivity index (χ0n) is 24.6. The molecule has 1 nitrogen and oxygen atoms in total. The lowest BCUT2D eigenvalue weighted by Crippen LogP contribution is -2.01. The number of nitrogens with zero attached hydrogens (tertiary/aromatic N) is 1. The summed E-state index contributed by atoms with van der Waals surface area (Å²) >= 11 is 1.89. The summed E-state index contributed by atoms with van der Waals surface area (Å²) in [7, 11) is 0. The van der Waals surface area contributed by atoms with Crippen LogP contribution in [-0.2, 0) is 6.42 Å². The minimum atomic E-state index is 0.283. The molecule has 5 aromatic rings. The number of aryl methyl sites for hydroxylation is 2. The van der Waals surface area contributed by atoms with Gasteiger partial charge in [-0.15, -0.1) is 17.9 Å². The van der Waals surface area contributed by atoms with Crippen molar-refractivity contribution in [1.82, 2.24) is 4.98 Å². The number of hydrogen-bond donors (Lipinski definition) is 0. The van der Waals surface area contributed by atoms with Crippen LogP contribution in [0, 0.1) is 27.7 Å². The second kappa shape index (κ2) is 14.4. The van der Waals surface area contributed by atoms with Crippen molar-refractivity contribution in [2.45, 2.75) is 40.0 Å². The molecule has 2 aromatic heterocycles. The summed E-state index contributed by atoms with van der Waals surface area (Å²) in [4.78, 5) is 6.64. The molecule has 0 saturated carbocycles. The molecule has 1 atom stereocenters. The molecule has 5 rings (SSSR count). The fourth-order valence-corrected chi connectivity index (χ4v) is 6.27. The highest BCUT2D eigenvalue weighted by atomic mass is 32.1. The number of aromatic nitrogens is 1. The molecule has 3 aromatic carbocycles. The predicted octanol–water partition coefficient (Wildman–Crippen LogP) is 11.1. The monoisotopic (exact) mass is 553 g/mol. The second-order valence-electron chi connectivity index (χ2n) is 10.3. The fourth-order valence-electron chi connectivity index (χ4n) is 4.98. The van der Waals surface area contributed by atoms with Crippen LogP contribution in [0.25, 0.3) is 28.3 Å². The van der Waals surface area contributed by atoms with Gasteiger partial charge in [-0.1, -0.05) is 104 Å². The van der Waals surface area contributed by atoms with Gasteiger partial charge in [0.2, 0.25) is 0 Å². The standard InChI is InChI=1S/C33H32S.C6H7N/c1-6-8-18-32-24(4)25(5)33(34-32)22-26(7-2)28-19-20-29(23(3)21-28)31-17-13-12-16-30(31)27-14-10-9-11-15-27;1-6-3-2-4-7-5-6/h6-21,26H,1-2,22H2,3-5H3;2-5H,1H3/b18-8-;. The SMILES string of the molecule is C=C/C=C\c1sc(CC(C=C)c2ccc(-c3ccccc3-c3ccccc3)c(C)c2)c(C)c1C.Cc1cccnc1. The largest absolute Gasteiger partial charge is 0.264 e. The smallest absolute Gasteiger partial charge is 0.0305 e. The average Bonchev–Trinajstić information content (AvgIpc) is 3.27. The Labute approximate surface area is 250 Å². The molecule has 0 aliphatic rings. The van der Waals surface area contributed by atoms with Crippen molar-refractivity contribution < 1.29 is 0 Å². The highest BCUT2D eigenvalue weighted by Crippen LogP contribution is 2.37. The van der Waals surface area contributed by atoms with Crippen LogP contribution in [0.3, 0.4) is 0 Å². The van der Waals surface area contributed by atoms with Crippen LogP contribution in [0.1, 0.15) is 43.5 Å². The first-order chi connectivity index (χ1) is 19.9. The van der Waals surface area contributed by atoms with Gasteiger partial charge in [-0.05, 0) is 96.3 Å². The van der Waals surface area contributed by atoms with Gasteiger partial charge in [0.25, 0.3) is 0 Å². The van der Waals surface area contributed by atoms with E-state index < -0.39 is 0 Å². The number of pyridine rings is 1. The number of allylic oxidation sites excluding steroid dienone is 3. The van der Waals surface area contributed by atoms with Crippen LogP contribution in [0.4, 0.5) is 0 Å². The highest BCUT2D eigenvalue weighted by Gasteiger charge is 2.17. The van der Waals surface area contributed by atoms with E-state index in [1.807, 2.05) is 48.7 Å². The van der Waals surface area contributed by atoms with Gasteiger partial charge in [0.1, 0.15) is 0 Å². The van der Waals surface area contributed by atoms with Gasteiger partial charge in [-0.3, -0.25) is 4.98 Å². The van der Waals surface area contributed by atoms with Crippen molar-refractivity contribution in [3.8, 4) is 22.3 Å². The summed E-state index contributed by atoms with van der Waals surface area (Å²) in [5.74, 6) is 0.283. The van der Waals surface area contributed by atoms with E-state index in [9.17, 15) is 0 Å². The van der Waals surface area contributed by atoms with Gasteiger partial charge in [0.05, 0.1) is 0 Å². The number of thiophene rings is 1. The Kier molecular flexibility index (Phi) is 10.4. The lowest BCUT2D eigenvalue weighted by atomic mass is 9.88. The molecule has 0 amide bonds. The van der Waals surface area contributed by atoms with Gasteiger partial charge in [-0.2, -0.15) is 0 Å². The first kappa shape index (κ1) is 29.7. The van der Waals surface area contributed by atoms with E-state index in [0.717, 1.165) is 6.42 Å². The van der Waals surface area contributed by atoms with Crippen molar-refractivity contribution in [2.75, 3.05) is 0 Å². The number of hydrogen-bond acceptors (Lipinski definition) is 2. The molecule has 1 unspecified atom stereocenters. The first-order valence-electron chi connectivity index (χ1n) is 14.1. The molecule has 0 bridgehead atoms. The summed E-state index contributed by atoms with van der Waals surface area (Å²) < 4.78 is 0. The van der Waals surface area contributed by atoms with Crippen molar-refractivity contribution in [3.63, 3.8) is 0 Å². The molecule has 0 aliphatic heterocycles. The molecular formula is C39H39NS. The third-order valence-corrected chi connectivity index (χ3v) is 8.83. The summed E-state index contributed by atoms with van der Waals surface area (Å²) in [6.07, 6.45) is 12.7. The zero-order chi connectivity index (χ0) is 29.2. The maximum absolute atomic E-state index is 4.18. The number of rotatable bonds is 8. The Morgan fingerprint density at radius 3 is 2.12 bits per heavy atom. The molecule has 0 N–H and O–H groups in total. The highest BCUT2D eigenvalue weighted by molar-refractivity contribution is 7.13. The summed E-state index contributed by atoms with van der Waals surface area (Å²) in [5.41, 5.74) is 11.7. The molecule has 0 saturated heterocycles. The van der Waals surface area contributed by atoms with Crippen molar-refractivity contribution >= 4 is 17.4 Å². The quantitative estimate of drug-likeness (QED) is 0.138. The second-order valence-corrected chi connectivity index (χ2v) is 11.4. The van der Waals surface area contributed by atoms with Gasteiger partial charge >= 0.3 is 0 Å². The maximum atomic E-state index is 4.18. The number of benzene rings is 3. The minimum Gasteiger partial charge on any atom is -0.264 e. The molecule has 0 spiro atoms. The molecule has 0 radical (unpaired) electrons. The van der Waals surface area contributed by atoms with Crippen molar-refractivity contribution in [2.24, 2.45) is 0 Å². The molecule has 2 heteroatoms. The van der Waals surface area contributed by atoms with E-state index in [2.05, 4.69) is 124 Å². The minimum absolute atomic E-state index is 0.283. The van der Waals surface area contributed by atoms with Crippen LogP contribution in [0.5, 0.6) is 0 Å². The van der Waals surface area contributed by atoms with E-state index in [0.29, 0.717) is 0 Å². The molecule has 206 valence electrons. The summed E-state index contributed by atoms with van der Waals surface area (Å²) in [5, 5.41) is 0. The Bertz CT molecular complexity index is 1620. The molecule has 41 heavy (non-hydrogen) atoms. The van der Waals surface area contributed by atoms with Crippen molar-refractivity contribution in [1.29, 1.82) is 0 Å². The third kappa shape index (κ3) is 7.48. The van der Waals surface area contributed by atoms with E-state index in [1.54, 1.807) is 6.20 Å². The predicted molar refractivity (Wildman–Crippen MR) is 181 cm³/mol. The topological polar surface area (TPSA) is 12.9 Å². The molecule has 2 heterocycles. The molecular weight excluding hydrogens is 515 g/mol. The van der Waals surface area contributed by atoms with E-state index in [4.69, 9.17) is 0 Å². The summed E-state index contributed by atoms with van der Waals surface area (Å²) in [6, 6.07) is 30.2. The van der Waals surface area contributed by atoms with Crippen LogP contribution < -0.4 is 0 Å². The van der Waals surface area contributed by atoms with Crippen LogP contribution >= 0.6 is 11.3 Å². The van der Waals surface area contributed by atoms with Crippen LogP contribution in [0.2, 0.25) is 0 Å². The summed E-state index contributed by atoms with van der Waals surface area (Å²) in [6.45, 7) is 16.7. The fraction of sp³-hybridized carbons (Fsp3) is 0.154. The molecule has 0 aliphatic carbocycles. The first-order valence-corrected chi connectivity index (χ1v) is 14.9. The third-order valence-electron chi connectivity index (χ3n) is 7.45. The Morgan fingerprint density at radius 1 is 0.780 bits per heavy atom. The Morgan fingerprint density at radius 2 is 1.51 bits per heavy atom. The van der Waals surface area contributed by atoms with Crippen molar-refractivity contribution in [3.05, 3.63) is 166 Å². The average molecular weight is 554 g/mol. The lowest BCUT2D eigenvalue weighted by Gasteiger charge is -2.17. The van der Waals surface area contributed by atoms with Gasteiger partial charge in [0, 0.05) is 28.1 Å². The van der Waals surface area contributed by atoms with Gasteiger partial charge < -0.3 is 0 Å². The van der Waals surface area contributed by atoms with Crippen LogP contribution in [0.15, 0.2) is 129 Å². The van der Waals surface area contributed by atoms with Crippen LogP contribution in [-0.4, -0.2) is 4.98 Å². The van der Waals surface area contributed by atoms with E-state index in [-0.39, 0.29) is 5.92 Å². The Hall–Kier alpha value is -4.27. The lowest BCUT2D eigenvalue weighted by molar-refractivity contribution is 0.844. The van der Waals surface area contributed by atoms with E-state index in [1.165, 1.54) is 59.8 Å². The maximum Gasteiger partial charge on any atom is 0.0305 e. The van der Waals surface area contributed by atoms with E-state index >= 15 is 0 Å². The van der Waals surface area contributed by atoms with Gasteiger partial charge in [-0.25, -0.2) is 0 Å². The van der Waals surface area contributed by atoms with Gasteiger partial charge in [0.15, 0.2) is 0 Å². The molecule has 0 fully saturated rings. The Balaban J connectivity index is 0.000000483.